The number of anilines is 1. The van der Waals surface area contributed by atoms with Crippen LogP contribution in [0.5, 0.6) is 5.88 Å². The zero-order valence-corrected chi connectivity index (χ0v) is 24.2. The van der Waals surface area contributed by atoms with Crippen molar-refractivity contribution in [2.24, 2.45) is 4.99 Å². The predicted octanol–water partition coefficient (Wildman–Crippen LogP) is 4.46. The number of aromatic amines is 1. The van der Waals surface area contributed by atoms with E-state index in [1.807, 2.05) is 62.3 Å². The lowest BCUT2D eigenvalue weighted by molar-refractivity contribution is 0.0802. The lowest BCUT2D eigenvalue weighted by Gasteiger charge is -2.24. The van der Waals surface area contributed by atoms with Crippen LogP contribution in [0.3, 0.4) is 0 Å². The third-order valence-electron chi connectivity index (χ3n) is 6.66. The summed E-state index contributed by atoms with van der Waals surface area (Å²) < 4.78 is 26.3. The Morgan fingerprint density at radius 2 is 1.60 bits per heavy atom. The molecule has 0 saturated carbocycles. The molecule has 0 fully saturated rings. The molecule has 9 nitrogen and oxygen atoms in total. The molecule has 0 aliphatic heterocycles. The maximum absolute atomic E-state index is 12.7. The highest BCUT2D eigenvalue weighted by Crippen LogP contribution is 2.33. The molecule has 40 heavy (non-hydrogen) atoms. The number of aromatic hydroxyl groups is 1. The van der Waals surface area contributed by atoms with E-state index in [0.29, 0.717) is 53.4 Å². The number of fused-ring (bicyclic) bond motifs is 1. The number of likely N-dealkylation sites (N-methyl/N-ethyl adjacent to an activating group) is 1. The Labute approximate surface area is 235 Å². The van der Waals surface area contributed by atoms with Crippen LogP contribution >= 0.6 is 0 Å². The topological polar surface area (TPSA) is 109 Å². The molecule has 0 atom stereocenters. The normalized spacial score (nSPS) is 12.2. The number of carbonyl (C=O) groups excluding carboxylic acids is 1. The second-order valence-electron chi connectivity index (χ2n) is 9.91. The number of H-pyrrole nitrogens is 1. The van der Waals surface area contributed by atoms with Crippen LogP contribution in [0.2, 0.25) is 0 Å². The summed E-state index contributed by atoms with van der Waals surface area (Å²) in [5.74, 6) is -0.166. The molecule has 0 radical (unpaired) electrons. The van der Waals surface area contributed by atoms with E-state index in [1.165, 1.54) is 10.6 Å². The zero-order chi connectivity index (χ0) is 29.0. The van der Waals surface area contributed by atoms with Gasteiger partial charge in [-0.1, -0.05) is 36.4 Å². The lowest BCUT2D eigenvalue weighted by Crippen LogP contribution is -2.35. The molecular formula is C30H35N5O4S. The fraction of sp³-hybridized carbons (Fsp3) is 0.267. The molecule has 0 saturated heterocycles. The van der Waals surface area contributed by atoms with Gasteiger partial charge in [0.25, 0.3) is 5.91 Å². The summed E-state index contributed by atoms with van der Waals surface area (Å²) in [5.41, 5.74) is 4.11. The van der Waals surface area contributed by atoms with Gasteiger partial charge in [0.1, 0.15) is 0 Å². The van der Waals surface area contributed by atoms with Gasteiger partial charge in [-0.3, -0.25) is 9.10 Å². The van der Waals surface area contributed by atoms with E-state index >= 15 is 0 Å². The molecule has 1 aromatic heterocycles. The van der Waals surface area contributed by atoms with Crippen molar-refractivity contribution >= 4 is 43.9 Å². The average molecular weight is 562 g/mol. The molecule has 4 aromatic rings. The first-order valence-electron chi connectivity index (χ1n) is 13.0. The fourth-order valence-electron chi connectivity index (χ4n) is 4.38. The highest BCUT2D eigenvalue weighted by atomic mass is 32.2. The van der Waals surface area contributed by atoms with E-state index in [1.54, 1.807) is 48.3 Å². The van der Waals surface area contributed by atoms with E-state index in [2.05, 4.69) is 4.98 Å². The lowest BCUT2D eigenvalue weighted by atomic mass is 10.00. The summed E-state index contributed by atoms with van der Waals surface area (Å²) in [6, 6.07) is 21.8. The molecule has 1 amide bonds. The first-order chi connectivity index (χ1) is 19.0. The van der Waals surface area contributed by atoms with Crippen molar-refractivity contribution in [1.82, 2.24) is 14.8 Å². The van der Waals surface area contributed by atoms with Crippen LogP contribution in [0.25, 0.3) is 10.9 Å². The Morgan fingerprint density at radius 1 is 0.925 bits per heavy atom. The van der Waals surface area contributed by atoms with Gasteiger partial charge in [-0.2, -0.15) is 0 Å². The van der Waals surface area contributed by atoms with Crippen molar-refractivity contribution in [3.8, 4) is 5.88 Å². The van der Waals surface area contributed by atoms with Crippen molar-refractivity contribution in [1.29, 1.82) is 0 Å². The number of nitrogens with zero attached hydrogens (tertiary/aromatic N) is 4. The van der Waals surface area contributed by atoms with Crippen molar-refractivity contribution in [3.05, 3.63) is 89.5 Å². The molecule has 0 aliphatic carbocycles. The van der Waals surface area contributed by atoms with Gasteiger partial charge in [0.15, 0.2) is 5.88 Å². The SMILES string of the molecule is CCN(C)C(=O)c1ccc2c(C(=Nc3ccc(N(CCN(C)C)S(C)(=O)=O)cc3)c3ccccc3)c(O)[nH]c2c1. The number of sulfonamides is 1. The van der Waals surface area contributed by atoms with Gasteiger partial charge in [0.05, 0.1) is 28.9 Å². The number of rotatable bonds is 10. The van der Waals surface area contributed by atoms with Crippen molar-refractivity contribution in [2.75, 3.05) is 51.3 Å². The van der Waals surface area contributed by atoms with E-state index in [0.717, 1.165) is 10.9 Å². The Morgan fingerprint density at radius 3 is 2.20 bits per heavy atom. The van der Waals surface area contributed by atoms with Crippen LogP contribution in [-0.4, -0.2) is 87.0 Å². The fourth-order valence-corrected chi connectivity index (χ4v) is 5.30. The molecule has 2 N–H and O–H groups in total. The van der Waals surface area contributed by atoms with Crippen LogP contribution < -0.4 is 4.31 Å². The molecule has 0 aliphatic rings. The average Bonchev–Trinajstić information content (AvgIpc) is 3.25. The van der Waals surface area contributed by atoms with Gasteiger partial charge < -0.3 is 19.9 Å². The predicted molar refractivity (Wildman–Crippen MR) is 162 cm³/mol. The summed E-state index contributed by atoms with van der Waals surface area (Å²) >= 11 is 0. The molecule has 0 spiro atoms. The van der Waals surface area contributed by atoms with Crippen molar-refractivity contribution < 1.29 is 18.3 Å². The smallest absolute Gasteiger partial charge is 0.253 e. The van der Waals surface area contributed by atoms with Gasteiger partial charge in [-0.05, 0) is 57.4 Å². The Balaban J connectivity index is 1.79. The number of nitrogens with one attached hydrogen (secondary N) is 1. The van der Waals surface area contributed by atoms with E-state index in [-0.39, 0.29) is 11.8 Å². The first-order valence-corrected chi connectivity index (χ1v) is 14.8. The van der Waals surface area contributed by atoms with Crippen LogP contribution in [0.15, 0.2) is 77.8 Å². The number of carbonyl (C=O) groups is 1. The summed E-state index contributed by atoms with van der Waals surface area (Å²) in [4.78, 5) is 24.2. The Bertz CT molecular complexity index is 1630. The summed E-state index contributed by atoms with van der Waals surface area (Å²) in [6.07, 6.45) is 1.20. The molecule has 210 valence electrons. The van der Waals surface area contributed by atoms with E-state index < -0.39 is 10.0 Å². The molecule has 1 heterocycles. The van der Waals surface area contributed by atoms with E-state index in [9.17, 15) is 18.3 Å². The van der Waals surface area contributed by atoms with Crippen molar-refractivity contribution in [3.63, 3.8) is 0 Å². The highest BCUT2D eigenvalue weighted by Gasteiger charge is 2.21. The second kappa shape index (κ2) is 11.9. The Hall–Kier alpha value is -4.15. The molecule has 4 rings (SSSR count). The molecule has 10 heteroatoms. The third-order valence-corrected chi connectivity index (χ3v) is 7.85. The van der Waals surface area contributed by atoms with Gasteiger partial charge in [-0.15, -0.1) is 0 Å². The number of aromatic nitrogens is 1. The molecule has 0 unspecified atom stereocenters. The van der Waals surface area contributed by atoms with Gasteiger partial charge in [-0.25, -0.2) is 13.4 Å². The maximum atomic E-state index is 12.7. The van der Waals surface area contributed by atoms with Gasteiger partial charge in [0.2, 0.25) is 10.0 Å². The standard InChI is InChI=1S/C30H35N5O4S/c1-6-34(4)30(37)22-12-17-25-26(20-22)32-29(36)27(25)28(21-10-8-7-9-11-21)31-23-13-15-24(16-14-23)35(40(5,38)39)19-18-33(2)3/h7-17,20,32,36H,6,18-19H2,1-5H3. The number of amides is 1. The Kier molecular flexibility index (Phi) is 8.61. The van der Waals surface area contributed by atoms with Gasteiger partial charge in [0, 0.05) is 48.7 Å². The minimum absolute atomic E-state index is 0.0606. The quantitative estimate of drug-likeness (QED) is 0.278. The van der Waals surface area contributed by atoms with Crippen LogP contribution in [0.4, 0.5) is 11.4 Å². The van der Waals surface area contributed by atoms with Crippen LogP contribution in [0.1, 0.15) is 28.4 Å². The maximum Gasteiger partial charge on any atom is 0.253 e. The number of hydrogen-bond acceptors (Lipinski definition) is 6. The van der Waals surface area contributed by atoms with Crippen molar-refractivity contribution in [2.45, 2.75) is 6.92 Å². The second-order valence-corrected chi connectivity index (χ2v) is 11.8. The number of aliphatic imine (C=N–C) groups is 1. The molecule has 0 bridgehead atoms. The minimum atomic E-state index is -3.47. The van der Waals surface area contributed by atoms with Gasteiger partial charge >= 0.3 is 0 Å². The summed E-state index contributed by atoms with van der Waals surface area (Å²) in [6.45, 7) is 3.39. The molecular weight excluding hydrogens is 526 g/mol. The molecule has 3 aromatic carbocycles. The summed E-state index contributed by atoms with van der Waals surface area (Å²) in [7, 11) is 2.06. The largest absolute Gasteiger partial charge is 0.494 e. The number of hydrogen-bond donors (Lipinski definition) is 2. The third kappa shape index (κ3) is 6.35. The van der Waals surface area contributed by atoms with Crippen LogP contribution in [0, 0.1) is 0 Å². The van der Waals surface area contributed by atoms with Crippen LogP contribution in [-0.2, 0) is 10.0 Å². The minimum Gasteiger partial charge on any atom is -0.494 e. The first kappa shape index (κ1) is 28.8. The zero-order valence-electron chi connectivity index (χ0n) is 23.4. The monoisotopic (exact) mass is 561 g/mol. The number of benzene rings is 3. The van der Waals surface area contributed by atoms with E-state index in [4.69, 9.17) is 4.99 Å². The summed E-state index contributed by atoms with van der Waals surface area (Å²) in [5, 5.41) is 11.8. The highest BCUT2D eigenvalue weighted by molar-refractivity contribution is 7.92.